The molecule has 0 aliphatic heterocycles. The average Bonchev–Trinajstić information content (AvgIpc) is 2.47. The van der Waals surface area contributed by atoms with Crippen LogP contribution in [0.3, 0.4) is 0 Å². The van der Waals surface area contributed by atoms with Gasteiger partial charge in [0.15, 0.2) is 11.6 Å². The number of rotatable bonds is 5. The number of ether oxygens (including phenoxy) is 1. The molecule has 0 heterocycles. The van der Waals surface area contributed by atoms with Gasteiger partial charge in [-0.05, 0) is 41.9 Å². The van der Waals surface area contributed by atoms with E-state index in [-0.39, 0.29) is 0 Å². The second-order valence-corrected chi connectivity index (χ2v) is 4.44. The minimum absolute atomic E-state index is 0.643. The molecule has 0 aromatic heterocycles. The van der Waals surface area contributed by atoms with Gasteiger partial charge in [-0.25, -0.2) is 8.78 Å². The molecule has 2 rings (SSSR count). The molecule has 0 spiro atoms. The molecular weight excluding hydrogens is 260 g/mol. The van der Waals surface area contributed by atoms with Crippen LogP contribution in [0.15, 0.2) is 36.4 Å². The summed E-state index contributed by atoms with van der Waals surface area (Å²) in [6.07, 6.45) is 0. The van der Waals surface area contributed by atoms with Gasteiger partial charge in [-0.3, -0.25) is 0 Å². The Hall–Kier alpha value is -1.94. The van der Waals surface area contributed by atoms with Crippen molar-refractivity contribution < 1.29 is 13.5 Å². The van der Waals surface area contributed by atoms with Gasteiger partial charge in [-0.1, -0.05) is 19.1 Å². The van der Waals surface area contributed by atoms with Crippen molar-refractivity contribution in [2.24, 2.45) is 0 Å². The van der Waals surface area contributed by atoms with Crippen molar-refractivity contribution in [2.45, 2.75) is 13.5 Å². The van der Waals surface area contributed by atoms with E-state index in [1.165, 1.54) is 6.07 Å². The van der Waals surface area contributed by atoms with Crippen LogP contribution in [-0.4, -0.2) is 13.7 Å². The zero-order valence-electron chi connectivity index (χ0n) is 11.5. The maximum atomic E-state index is 13.3. The Morgan fingerprint density at radius 1 is 1.00 bits per heavy atom. The highest BCUT2D eigenvalue weighted by atomic mass is 19.2. The lowest BCUT2D eigenvalue weighted by Gasteiger charge is -2.11. The molecule has 0 amide bonds. The second-order valence-electron chi connectivity index (χ2n) is 4.44. The van der Waals surface area contributed by atoms with Crippen LogP contribution in [0.1, 0.15) is 12.5 Å². The van der Waals surface area contributed by atoms with Gasteiger partial charge in [-0.15, -0.1) is 0 Å². The van der Waals surface area contributed by atoms with Gasteiger partial charge in [0.25, 0.3) is 0 Å². The summed E-state index contributed by atoms with van der Waals surface area (Å²) in [6, 6.07) is 9.50. The number of nitrogens with one attached hydrogen (secondary N) is 1. The summed E-state index contributed by atoms with van der Waals surface area (Å²) in [5.74, 6) is -0.904. The maximum absolute atomic E-state index is 13.3. The van der Waals surface area contributed by atoms with Gasteiger partial charge in [0.05, 0.1) is 7.11 Å². The molecule has 0 saturated carbocycles. The predicted molar refractivity (Wildman–Crippen MR) is 75.7 cm³/mol. The lowest BCUT2D eigenvalue weighted by atomic mass is 10.0. The van der Waals surface area contributed by atoms with Crippen LogP contribution in [-0.2, 0) is 6.54 Å². The predicted octanol–water partition coefficient (Wildman–Crippen LogP) is 3.75. The second kappa shape index (κ2) is 6.48. The third-order valence-corrected chi connectivity index (χ3v) is 3.10. The molecule has 2 aromatic carbocycles. The zero-order valence-corrected chi connectivity index (χ0v) is 11.5. The fourth-order valence-electron chi connectivity index (χ4n) is 2.03. The normalized spacial score (nSPS) is 10.6. The summed E-state index contributed by atoms with van der Waals surface area (Å²) in [6.45, 7) is 3.53. The molecule has 0 saturated heterocycles. The van der Waals surface area contributed by atoms with Crippen LogP contribution in [0.2, 0.25) is 0 Å². The van der Waals surface area contributed by atoms with E-state index in [0.717, 1.165) is 29.5 Å². The zero-order chi connectivity index (χ0) is 14.5. The first-order chi connectivity index (χ1) is 9.65. The quantitative estimate of drug-likeness (QED) is 0.898. The van der Waals surface area contributed by atoms with Crippen molar-refractivity contribution in [1.82, 2.24) is 5.32 Å². The Bertz CT molecular complexity index is 599. The fourth-order valence-corrected chi connectivity index (χ4v) is 2.03. The summed E-state index contributed by atoms with van der Waals surface area (Å²) < 4.78 is 31.6. The molecule has 106 valence electrons. The summed E-state index contributed by atoms with van der Waals surface area (Å²) in [7, 11) is 1.61. The van der Waals surface area contributed by atoms with Crippen LogP contribution in [0.5, 0.6) is 5.75 Å². The third-order valence-electron chi connectivity index (χ3n) is 3.10. The molecule has 1 N–H and O–H groups in total. The van der Waals surface area contributed by atoms with Crippen LogP contribution >= 0.6 is 0 Å². The van der Waals surface area contributed by atoms with E-state index >= 15 is 0 Å². The number of benzene rings is 2. The molecule has 0 atom stereocenters. The Kier molecular flexibility index (Phi) is 4.69. The third kappa shape index (κ3) is 3.14. The molecular formula is C16H17F2NO. The Morgan fingerprint density at radius 3 is 2.35 bits per heavy atom. The average molecular weight is 277 g/mol. The van der Waals surface area contributed by atoms with Crippen LogP contribution in [0, 0.1) is 11.6 Å². The number of hydrogen-bond acceptors (Lipinski definition) is 2. The summed E-state index contributed by atoms with van der Waals surface area (Å²) in [4.78, 5) is 0. The van der Waals surface area contributed by atoms with E-state index in [1.54, 1.807) is 13.2 Å². The standard InChI is InChI=1S/C16H17F2NO/c1-3-19-10-13-8-11(5-7-16(13)20-2)12-4-6-14(17)15(18)9-12/h4-9,19H,3,10H2,1-2H3. The van der Waals surface area contributed by atoms with E-state index < -0.39 is 11.6 Å². The Morgan fingerprint density at radius 2 is 1.70 bits per heavy atom. The summed E-state index contributed by atoms with van der Waals surface area (Å²) in [5, 5.41) is 3.22. The van der Waals surface area contributed by atoms with Gasteiger partial charge in [0, 0.05) is 12.1 Å². The smallest absolute Gasteiger partial charge is 0.159 e. The van der Waals surface area contributed by atoms with Crippen molar-refractivity contribution in [3.8, 4) is 16.9 Å². The maximum Gasteiger partial charge on any atom is 0.159 e. The highest BCUT2D eigenvalue weighted by molar-refractivity contribution is 5.65. The first-order valence-corrected chi connectivity index (χ1v) is 6.48. The topological polar surface area (TPSA) is 21.3 Å². The lowest BCUT2D eigenvalue weighted by Crippen LogP contribution is -2.12. The van der Waals surface area contributed by atoms with Gasteiger partial charge in [0.1, 0.15) is 5.75 Å². The van der Waals surface area contributed by atoms with Crippen molar-refractivity contribution >= 4 is 0 Å². The molecule has 4 heteroatoms. The molecule has 0 unspecified atom stereocenters. The highest BCUT2D eigenvalue weighted by Gasteiger charge is 2.08. The van der Waals surface area contributed by atoms with Crippen molar-refractivity contribution in [3.05, 3.63) is 53.6 Å². The molecule has 0 aliphatic rings. The van der Waals surface area contributed by atoms with E-state index in [4.69, 9.17) is 4.74 Å². The monoisotopic (exact) mass is 277 g/mol. The van der Waals surface area contributed by atoms with Crippen molar-refractivity contribution in [1.29, 1.82) is 0 Å². The van der Waals surface area contributed by atoms with E-state index in [1.807, 2.05) is 25.1 Å². The molecule has 2 nitrogen and oxygen atoms in total. The number of hydrogen-bond donors (Lipinski definition) is 1. The van der Waals surface area contributed by atoms with Crippen molar-refractivity contribution in [2.75, 3.05) is 13.7 Å². The molecule has 0 fully saturated rings. The number of halogens is 2. The minimum atomic E-state index is -0.841. The Balaban J connectivity index is 2.38. The first kappa shape index (κ1) is 14.5. The van der Waals surface area contributed by atoms with Gasteiger partial charge in [-0.2, -0.15) is 0 Å². The fraction of sp³-hybridized carbons (Fsp3) is 0.250. The van der Waals surface area contributed by atoms with Crippen LogP contribution in [0.25, 0.3) is 11.1 Å². The van der Waals surface area contributed by atoms with Gasteiger partial charge in [0.2, 0.25) is 0 Å². The van der Waals surface area contributed by atoms with Gasteiger partial charge >= 0.3 is 0 Å². The highest BCUT2D eigenvalue weighted by Crippen LogP contribution is 2.27. The van der Waals surface area contributed by atoms with E-state index in [9.17, 15) is 8.78 Å². The molecule has 0 radical (unpaired) electrons. The molecule has 0 bridgehead atoms. The molecule has 20 heavy (non-hydrogen) atoms. The first-order valence-electron chi connectivity index (χ1n) is 6.48. The SMILES string of the molecule is CCNCc1cc(-c2ccc(F)c(F)c2)ccc1OC. The molecule has 0 aliphatic carbocycles. The van der Waals surface area contributed by atoms with Crippen LogP contribution in [0.4, 0.5) is 8.78 Å². The summed E-state index contributed by atoms with van der Waals surface area (Å²) >= 11 is 0. The van der Waals surface area contributed by atoms with Crippen molar-refractivity contribution in [3.63, 3.8) is 0 Å². The Labute approximate surface area is 117 Å². The number of methoxy groups -OCH3 is 1. The van der Waals surface area contributed by atoms with Crippen LogP contribution < -0.4 is 10.1 Å². The minimum Gasteiger partial charge on any atom is -0.496 e. The van der Waals surface area contributed by atoms with E-state index in [2.05, 4.69) is 5.32 Å². The largest absolute Gasteiger partial charge is 0.496 e. The molecule has 2 aromatic rings. The van der Waals surface area contributed by atoms with E-state index in [0.29, 0.717) is 12.1 Å². The van der Waals surface area contributed by atoms with Gasteiger partial charge < -0.3 is 10.1 Å². The lowest BCUT2D eigenvalue weighted by molar-refractivity contribution is 0.408. The summed E-state index contributed by atoms with van der Waals surface area (Å²) in [5.41, 5.74) is 2.46.